The van der Waals surface area contributed by atoms with Crippen molar-refractivity contribution < 1.29 is 9.59 Å². The van der Waals surface area contributed by atoms with Gasteiger partial charge >= 0.3 is 0 Å². The number of fused-ring (bicyclic) bond motifs is 2. The Labute approximate surface area is 282 Å². The fourth-order valence-electron chi connectivity index (χ4n) is 6.04. The van der Waals surface area contributed by atoms with E-state index in [-0.39, 0.29) is 11.8 Å². The first-order valence-corrected chi connectivity index (χ1v) is 17.1. The largest absolute Gasteiger partial charge is 0.352 e. The van der Waals surface area contributed by atoms with Crippen LogP contribution in [0.3, 0.4) is 0 Å². The maximum Gasteiger partial charge on any atom is 0.252 e. The molecule has 242 valence electrons. The molecule has 0 saturated carbocycles. The predicted molar refractivity (Wildman–Crippen MR) is 196 cm³/mol. The third-order valence-corrected chi connectivity index (χ3v) is 8.91. The number of unbranched alkanes of at least 4 members (excludes halogenated alkanes) is 3. The maximum absolute atomic E-state index is 13.3. The molecule has 0 unspecified atom stereocenters. The van der Waals surface area contributed by atoms with Gasteiger partial charge in [0.2, 0.25) is 0 Å². The van der Waals surface area contributed by atoms with Crippen LogP contribution in [-0.2, 0) is 12.8 Å². The molecule has 0 fully saturated rings. The minimum absolute atomic E-state index is 0.0856. The maximum atomic E-state index is 13.3. The lowest BCUT2D eigenvalue weighted by atomic mass is 10.0. The van der Waals surface area contributed by atoms with Gasteiger partial charge in [-0.2, -0.15) is 0 Å². The third kappa shape index (κ3) is 7.60. The Morgan fingerprint density at radius 3 is 1.31 bits per heavy atom. The summed E-state index contributed by atoms with van der Waals surface area (Å²) in [4.78, 5) is 36.3. The first kappa shape index (κ1) is 32.6. The van der Waals surface area contributed by atoms with E-state index in [9.17, 15) is 9.59 Å². The van der Waals surface area contributed by atoms with E-state index >= 15 is 0 Å². The minimum atomic E-state index is -0.0856. The topological polar surface area (TPSA) is 84.0 Å². The summed E-state index contributed by atoms with van der Waals surface area (Å²) in [6, 6.07) is 36.1. The highest BCUT2D eigenvalue weighted by Gasteiger charge is 2.15. The highest BCUT2D eigenvalue weighted by atomic mass is 16.2. The van der Waals surface area contributed by atoms with E-state index in [0.29, 0.717) is 24.2 Å². The van der Waals surface area contributed by atoms with Crippen molar-refractivity contribution in [2.45, 2.75) is 52.4 Å². The number of carbonyl (C=O) groups is 2. The smallest absolute Gasteiger partial charge is 0.252 e. The lowest BCUT2D eigenvalue weighted by Crippen LogP contribution is -2.25. The molecule has 2 N–H and O–H groups in total. The average molecular weight is 635 g/mol. The van der Waals surface area contributed by atoms with Crippen molar-refractivity contribution in [3.63, 3.8) is 0 Å². The van der Waals surface area contributed by atoms with E-state index in [1.165, 1.54) is 11.1 Å². The van der Waals surface area contributed by atoms with Crippen LogP contribution in [0.15, 0.2) is 109 Å². The van der Waals surface area contributed by atoms with Gasteiger partial charge in [-0.05, 0) is 61.1 Å². The molecule has 6 aromatic rings. The van der Waals surface area contributed by atoms with Crippen molar-refractivity contribution in [2.75, 3.05) is 13.1 Å². The van der Waals surface area contributed by atoms with E-state index in [2.05, 4.69) is 73.0 Å². The summed E-state index contributed by atoms with van der Waals surface area (Å²) in [6.07, 6.45) is 5.60. The lowest BCUT2D eigenvalue weighted by molar-refractivity contribution is 0.0945. The van der Waals surface area contributed by atoms with Gasteiger partial charge in [-0.1, -0.05) is 112 Å². The quantitative estimate of drug-likeness (QED) is 0.124. The number of benzene rings is 4. The van der Waals surface area contributed by atoms with Crippen LogP contribution >= 0.6 is 0 Å². The van der Waals surface area contributed by atoms with Gasteiger partial charge in [0.25, 0.3) is 11.8 Å². The van der Waals surface area contributed by atoms with E-state index in [1.807, 2.05) is 60.7 Å². The number of amides is 2. The second-order valence-electron chi connectivity index (χ2n) is 12.2. The predicted octanol–water partition coefficient (Wildman–Crippen LogP) is 8.96. The van der Waals surface area contributed by atoms with Gasteiger partial charge in [0, 0.05) is 35.0 Å². The Hall–Kier alpha value is -5.36. The summed E-state index contributed by atoms with van der Waals surface area (Å²) in [5.74, 6) is -0.171. The molecule has 0 radical (unpaired) electrons. The first-order valence-electron chi connectivity index (χ1n) is 17.1. The zero-order chi connectivity index (χ0) is 33.3. The number of para-hydroxylation sites is 2. The molecular weight excluding hydrogens is 592 g/mol. The number of hydrogen-bond donors (Lipinski definition) is 2. The molecule has 0 atom stereocenters. The molecule has 0 saturated heterocycles. The van der Waals surface area contributed by atoms with Crippen LogP contribution in [0, 0.1) is 0 Å². The zero-order valence-electron chi connectivity index (χ0n) is 27.8. The number of aryl methyl sites for hydroxylation is 2. The van der Waals surface area contributed by atoms with Crippen molar-refractivity contribution in [3.8, 4) is 22.5 Å². The van der Waals surface area contributed by atoms with Crippen LogP contribution in [0.25, 0.3) is 44.3 Å². The number of pyridine rings is 2. The van der Waals surface area contributed by atoms with Crippen LogP contribution in [-0.4, -0.2) is 34.9 Å². The molecule has 6 rings (SSSR count). The number of hydrogen-bond acceptors (Lipinski definition) is 4. The van der Waals surface area contributed by atoms with E-state index in [4.69, 9.17) is 9.97 Å². The second kappa shape index (κ2) is 15.5. The highest BCUT2D eigenvalue weighted by molar-refractivity contribution is 6.08. The molecule has 6 nitrogen and oxygen atoms in total. The number of nitrogens with one attached hydrogen (secondary N) is 2. The van der Waals surface area contributed by atoms with Crippen LogP contribution in [0.1, 0.15) is 71.4 Å². The normalized spacial score (nSPS) is 11.1. The molecule has 0 bridgehead atoms. The SMILES string of the molecule is CCc1ccc(-c2cc(C(=O)NCCCCCCNC(=O)c3cc(-c4ccc(CC)cc4)nc4ccccc34)c3ccccc3n2)cc1. The van der Waals surface area contributed by atoms with E-state index in [1.54, 1.807) is 0 Å². The number of nitrogens with zero attached hydrogens (tertiary/aromatic N) is 2. The van der Waals surface area contributed by atoms with E-state index < -0.39 is 0 Å². The van der Waals surface area contributed by atoms with E-state index in [0.717, 1.165) is 82.8 Å². The molecule has 2 amide bonds. The fourth-order valence-corrected chi connectivity index (χ4v) is 6.04. The summed E-state index contributed by atoms with van der Waals surface area (Å²) in [6.45, 7) is 5.45. The van der Waals surface area contributed by atoms with Crippen LogP contribution in [0.2, 0.25) is 0 Å². The van der Waals surface area contributed by atoms with Gasteiger partial charge in [-0.15, -0.1) is 0 Å². The Morgan fingerprint density at radius 1 is 0.521 bits per heavy atom. The Morgan fingerprint density at radius 2 is 0.917 bits per heavy atom. The van der Waals surface area contributed by atoms with Gasteiger partial charge in [0.15, 0.2) is 0 Å². The molecule has 4 aromatic carbocycles. The first-order chi connectivity index (χ1) is 23.5. The molecule has 0 aliphatic heterocycles. The molecule has 2 aromatic heterocycles. The number of aromatic nitrogens is 2. The molecule has 0 aliphatic carbocycles. The van der Waals surface area contributed by atoms with Crippen molar-refractivity contribution in [1.82, 2.24) is 20.6 Å². The average Bonchev–Trinajstić information content (AvgIpc) is 3.14. The van der Waals surface area contributed by atoms with Crippen LogP contribution in [0.4, 0.5) is 0 Å². The van der Waals surface area contributed by atoms with Gasteiger partial charge < -0.3 is 10.6 Å². The van der Waals surface area contributed by atoms with Crippen molar-refractivity contribution >= 4 is 33.6 Å². The Balaban J connectivity index is 1.00. The van der Waals surface area contributed by atoms with Gasteiger partial charge in [0.1, 0.15) is 0 Å². The molecule has 48 heavy (non-hydrogen) atoms. The van der Waals surface area contributed by atoms with Crippen LogP contribution < -0.4 is 10.6 Å². The third-order valence-electron chi connectivity index (χ3n) is 8.91. The van der Waals surface area contributed by atoms with Gasteiger partial charge in [-0.25, -0.2) is 9.97 Å². The van der Waals surface area contributed by atoms with Crippen molar-refractivity contribution in [2.24, 2.45) is 0 Å². The standard InChI is InChI=1S/C42H42N4O2/c1-3-29-17-21-31(22-18-29)39-27-35(33-13-7-9-15-37(33)45-39)41(47)43-25-11-5-6-12-26-44-42(48)36-28-40(32-23-19-30(4-2)20-24-32)46-38-16-10-8-14-34(36)38/h7-10,13-24,27-28H,3-6,11-12,25-26H2,1-2H3,(H,43,47)(H,44,48). The number of rotatable bonds is 13. The monoisotopic (exact) mass is 634 g/mol. The molecule has 6 heteroatoms. The summed E-state index contributed by atoms with van der Waals surface area (Å²) in [5.41, 5.74) is 9.03. The molecule has 0 spiro atoms. The molecular formula is C42H42N4O2. The van der Waals surface area contributed by atoms with Gasteiger partial charge in [-0.3, -0.25) is 9.59 Å². The second-order valence-corrected chi connectivity index (χ2v) is 12.2. The lowest BCUT2D eigenvalue weighted by Gasteiger charge is -2.12. The molecule has 2 heterocycles. The highest BCUT2D eigenvalue weighted by Crippen LogP contribution is 2.27. The number of carbonyl (C=O) groups excluding carboxylic acids is 2. The Kier molecular flexibility index (Phi) is 10.5. The molecule has 0 aliphatic rings. The van der Waals surface area contributed by atoms with Crippen molar-refractivity contribution in [1.29, 1.82) is 0 Å². The zero-order valence-corrected chi connectivity index (χ0v) is 27.8. The van der Waals surface area contributed by atoms with Gasteiger partial charge in [0.05, 0.1) is 33.5 Å². The fraction of sp³-hybridized carbons (Fsp3) is 0.238. The minimum Gasteiger partial charge on any atom is -0.352 e. The van der Waals surface area contributed by atoms with Crippen LogP contribution in [0.5, 0.6) is 0 Å². The summed E-state index contributed by atoms with van der Waals surface area (Å²) < 4.78 is 0. The summed E-state index contributed by atoms with van der Waals surface area (Å²) >= 11 is 0. The summed E-state index contributed by atoms with van der Waals surface area (Å²) in [5, 5.41) is 7.94. The van der Waals surface area contributed by atoms with Crippen molar-refractivity contribution in [3.05, 3.63) is 131 Å². The Bertz CT molecular complexity index is 1890. The summed E-state index contributed by atoms with van der Waals surface area (Å²) in [7, 11) is 0.